The van der Waals surface area contributed by atoms with Crippen LogP contribution in [-0.2, 0) is 6.54 Å². The Morgan fingerprint density at radius 3 is 2.59 bits per heavy atom. The van der Waals surface area contributed by atoms with Crippen molar-refractivity contribution in [3.63, 3.8) is 0 Å². The van der Waals surface area contributed by atoms with E-state index in [-0.39, 0.29) is 11.6 Å². The van der Waals surface area contributed by atoms with Crippen molar-refractivity contribution in [2.75, 3.05) is 20.3 Å². The molecule has 1 aliphatic carbocycles. The summed E-state index contributed by atoms with van der Waals surface area (Å²) in [6.45, 7) is 6.32. The van der Waals surface area contributed by atoms with Crippen LogP contribution in [0.2, 0.25) is 0 Å². The summed E-state index contributed by atoms with van der Waals surface area (Å²) >= 11 is 0. The van der Waals surface area contributed by atoms with Crippen LogP contribution >= 0.6 is 0 Å². The molecule has 0 radical (unpaired) electrons. The van der Waals surface area contributed by atoms with Crippen LogP contribution in [0.25, 0.3) is 11.1 Å². The summed E-state index contributed by atoms with van der Waals surface area (Å²) in [6.07, 6.45) is 5.63. The Hall–Kier alpha value is -3.25. The van der Waals surface area contributed by atoms with Gasteiger partial charge in [-0.15, -0.1) is 0 Å². The minimum Gasteiger partial charge on any atom is -0.496 e. The quantitative estimate of drug-likeness (QED) is 0.314. The predicted octanol–water partition coefficient (Wildman–Crippen LogP) is 6.48. The summed E-state index contributed by atoms with van der Waals surface area (Å²) in [4.78, 5) is 19.8. The van der Waals surface area contributed by atoms with Crippen molar-refractivity contribution in [3.05, 3.63) is 77.4 Å². The molecule has 0 amide bonds. The van der Waals surface area contributed by atoms with E-state index < -0.39 is 0 Å². The monoisotopic (exact) mass is 502 g/mol. The second-order valence-electron chi connectivity index (χ2n) is 10.3. The lowest BCUT2D eigenvalue weighted by Crippen LogP contribution is -2.30. The number of Topliss-reactive ketones (excluding diaryl/α,β-unsaturated/α-hetero) is 1. The minimum atomic E-state index is -0.271. The number of carbonyl (C=O) groups is 1. The molecule has 1 unspecified atom stereocenters. The number of aromatic nitrogens is 1. The number of fused-ring (bicyclic) bond motifs is 1. The van der Waals surface area contributed by atoms with Crippen LogP contribution in [0.4, 0.5) is 4.39 Å². The number of rotatable bonds is 9. The number of pyridine rings is 1. The molecule has 3 aromatic rings. The first-order valence-corrected chi connectivity index (χ1v) is 13.3. The molecule has 1 aromatic heterocycles. The van der Waals surface area contributed by atoms with Crippen LogP contribution in [0, 0.1) is 24.6 Å². The number of ketones is 1. The SMILES string of the molecule is CCOc1cc(CN2CC[C@H]3C(CC(=O)c4cc(C)ccn4)CC[C@H]32)cc(OC)c1-c1ccc(F)cc1. The lowest BCUT2D eigenvalue weighted by molar-refractivity contribution is 0.0944. The van der Waals surface area contributed by atoms with Crippen LogP contribution in [0.15, 0.2) is 54.7 Å². The van der Waals surface area contributed by atoms with Crippen molar-refractivity contribution in [3.8, 4) is 22.6 Å². The van der Waals surface area contributed by atoms with Gasteiger partial charge in [-0.25, -0.2) is 4.39 Å². The summed E-state index contributed by atoms with van der Waals surface area (Å²) in [6, 6.07) is 14.9. The standard InChI is InChI=1S/C31H35FN2O3/c1-4-37-30-17-21(16-29(36-3)31(30)22-5-8-24(32)9-6-22)19-34-14-12-25-23(7-10-27(25)34)18-28(35)26-15-20(2)11-13-33-26/h5-6,8-9,11,13,15-17,23,25,27H,4,7,10,12,14,18-19H2,1-3H3/t23?,25-,27+/m0/s1. The Bertz CT molecular complexity index is 1260. The zero-order valence-corrected chi connectivity index (χ0v) is 21.9. The minimum absolute atomic E-state index is 0.162. The van der Waals surface area contributed by atoms with Crippen molar-refractivity contribution < 1.29 is 18.7 Å². The average Bonchev–Trinajstić information content (AvgIpc) is 3.48. The van der Waals surface area contributed by atoms with Crippen LogP contribution in [0.5, 0.6) is 11.5 Å². The molecule has 5 rings (SSSR count). The van der Waals surface area contributed by atoms with E-state index in [0.29, 0.717) is 36.6 Å². The molecule has 2 aromatic carbocycles. The van der Waals surface area contributed by atoms with Crippen molar-refractivity contribution in [2.45, 2.75) is 52.1 Å². The number of methoxy groups -OCH3 is 1. The van der Waals surface area contributed by atoms with Crippen molar-refractivity contribution in [1.29, 1.82) is 0 Å². The Morgan fingerprint density at radius 2 is 1.86 bits per heavy atom. The average molecular weight is 503 g/mol. The van der Waals surface area contributed by atoms with Gasteiger partial charge < -0.3 is 9.47 Å². The highest BCUT2D eigenvalue weighted by Crippen LogP contribution is 2.45. The lowest BCUT2D eigenvalue weighted by atomic mass is 9.88. The number of carbonyl (C=O) groups excluding carboxylic acids is 1. The zero-order chi connectivity index (χ0) is 25.9. The van der Waals surface area contributed by atoms with Crippen molar-refractivity contribution in [2.24, 2.45) is 11.8 Å². The van der Waals surface area contributed by atoms with Gasteiger partial charge in [-0.2, -0.15) is 0 Å². The molecule has 6 heteroatoms. The van der Waals surface area contributed by atoms with Gasteiger partial charge in [0.25, 0.3) is 0 Å². The molecule has 2 heterocycles. The van der Waals surface area contributed by atoms with Gasteiger partial charge in [-0.05, 0) is 105 Å². The number of hydrogen-bond acceptors (Lipinski definition) is 5. The smallest absolute Gasteiger partial charge is 0.181 e. The molecule has 0 spiro atoms. The molecule has 1 aliphatic heterocycles. The van der Waals surface area contributed by atoms with Gasteiger partial charge in [-0.3, -0.25) is 14.7 Å². The largest absolute Gasteiger partial charge is 0.496 e. The van der Waals surface area contributed by atoms with E-state index >= 15 is 0 Å². The number of likely N-dealkylation sites (tertiary alicyclic amines) is 1. The van der Waals surface area contributed by atoms with E-state index in [4.69, 9.17) is 9.47 Å². The van der Waals surface area contributed by atoms with E-state index in [2.05, 4.69) is 22.0 Å². The van der Waals surface area contributed by atoms with Crippen LogP contribution in [0.1, 0.15) is 54.2 Å². The number of halogens is 1. The molecule has 2 fully saturated rings. The Kier molecular flexibility index (Phi) is 7.56. The fourth-order valence-electron chi connectivity index (χ4n) is 6.27. The molecular formula is C31H35FN2O3. The summed E-state index contributed by atoms with van der Waals surface area (Å²) in [5.41, 5.74) is 4.50. The van der Waals surface area contributed by atoms with Crippen molar-refractivity contribution >= 4 is 5.78 Å². The molecule has 37 heavy (non-hydrogen) atoms. The Balaban J connectivity index is 1.32. The van der Waals surface area contributed by atoms with E-state index in [1.807, 2.05) is 26.0 Å². The van der Waals surface area contributed by atoms with Gasteiger partial charge in [-0.1, -0.05) is 12.1 Å². The first-order chi connectivity index (χ1) is 18.0. The van der Waals surface area contributed by atoms with Gasteiger partial charge in [0.15, 0.2) is 5.78 Å². The number of benzene rings is 2. The Labute approximate surface area is 218 Å². The van der Waals surface area contributed by atoms with Crippen LogP contribution in [-0.4, -0.2) is 42.0 Å². The molecule has 1 saturated carbocycles. The summed E-state index contributed by atoms with van der Waals surface area (Å²) in [5, 5.41) is 0. The van der Waals surface area contributed by atoms with E-state index in [1.165, 1.54) is 12.1 Å². The fourth-order valence-corrected chi connectivity index (χ4v) is 6.27. The van der Waals surface area contributed by atoms with E-state index in [9.17, 15) is 9.18 Å². The van der Waals surface area contributed by atoms with Gasteiger partial charge in [0.1, 0.15) is 23.0 Å². The number of nitrogens with zero attached hydrogens (tertiary/aromatic N) is 2. The summed E-state index contributed by atoms with van der Waals surface area (Å²) < 4.78 is 25.4. The normalized spacial score (nSPS) is 21.1. The molecule has 0 N–H and O–H groups in total. The molecule has 1 saturated heterocycles. The Morgan fingerprint density at radius 1 is 1.08 bits per heavy atom. The number of aryl methyl sites for hydroxylation is 1. The van der Waals surface area contributed by atoms with Gasteiger partial charge >= 0.3 is 0 Å². The van der Waals surface area contributed by atoms with Crippen molar-refractivity contribution in [1.82, 2.24) is 9.88 Å². The first-order valence-electron chi connectivity index (χ1n) is 13.3. The van der Waals surface area contributed by atoms with E-state index in [0.717, 1.165) is 66.1 Å². The summed E-state index contributed by atoms with van der Waals surface area (Å²) in [5.74, 6) is 2.33. The third-order valence-electron chi connectivity index (χ3n) is 7.96. The maximum absolute atomic E-state index is 13.5. The highest BCUT2D eigenvalue weighted by atomic mass is 19.1. The highest BCUT2D eigenvalue weighted by Gasteiger charge is 2.44. The molecule has 3 atom stereocenters. The number of ether oxygens (including phenoxy) is 2. The van der Waals surface area contributed by atoms with Gasteiger partial charge in [0.05, 0.1) is 19.3 Å². The molecule has 5 nitrogen and oxygen atoms in total. The molecule has 0 bridgehead atoms. The molecule has 194 valence electrons. The van der Waals surface area contributed by atoms with Crippen LogP contribution < -0.4 is 9.47 Å². The predicted molar refractivity (Wildman–Crippen MR) is 143 cm³/mol. The second-order valence-corrected chi connectivity index (χ2v) is 10.3. The second kappa shape index (κ2) is 11.0. The van der Waals surface area contributed by atoms with Gasteiger partial charge in [0, 0.05) is 25.2 Å². The summed E-state index contributed by atoms with van der Waals surface area (Å²) in [7, 11) is 1.66. The number of hydrogen-bond donors (Lipinski definition) is 0. The topological polar surface area (TPSA) is 51.7 Å². The third-order valence-corrected chi connectivity index (χ3v) is 7.96. The maximum atomic E-state index is 13.5. The van der Waals surface area contributed by atoms with E-state index in [1.54, 1.807) is 25.4 Å². The highest BCUT2D eigenvalue weighted by molar-refractivity contribution is 5.94. The van der Waals surface area contributed by atoms with Gasteiger partial charge in [0.2, 0.25) is 0 Å². The molecule has 2 aliphatic rings. The maximum Gasteiger partial charge on any atom is 0.181 e. The zero-order valence-electron chi connectivity index (χ0n) is 21.9. The lowest BCUT2D eigenvalue weighted by Gasteiger charge is -2.25. The first kappa shape index (κ1) is 25.4. The third kappa shape index (κ3) is 5.40. The fraction of sp³-hybridized carbons (Fsp3) is 0.419. The molecular weight excluding hydrogens is 467 g/mol. The van der Waals surface area contributed by atoms with Crippen LogP contribution in [0.3, 0.4) is 0 Å².